The lowest BCUT2D eigenvalue weighted by atomic mass is 10.2. The van der Waals surface area contributed by atoms with Crippen LogP contribution in [0.4, 0.5) is 19.0 Å². The number of fused-ring (bicyclic) bond motifs is 1. The normalized spacial score (nSPS) is 14.8. The second-order valence-electron chi connectivity index (χ2n) is 7.14. The number of alkyl halides is 3. The Kier molecular flexibility index (Phi) is 4.93. The van der Waals surface area contributed by atoms with Gasteiger partial charge >= 0.3 is 6.18 Å². The second-order valence-corrected chi connectivity index (χ2v) is 7.14. The Morgan fingerprint density at radius 1 is 0.938 bits per heavy atom. The van der Waals surface area contributed by atoms with Crippen LogP contribution < -0.4 is 4.90 Å². The van der Waals surface area contributed by atoms with E-state index in [1.54, 1.807) is 24.0 Å². The number of nitrogens with zero attached hydrogens (tertiary/aromatic N) is 8. The number of aromatic nitrogens is 7. The third-order valence-electron chi connectivity index (χ3n) is 5.09. The quantitative estimate of drug-likeness (QED) is 0.478. The van der Waals surface area contributed by atoms with Crippen LogP contribution in [0, 0.1) is 0 Å². The molecule has 0 aliphatic carbocycles. The highest BCUT2D eigenvalue weighted by molar-refractivity contribution is 5.88. The van der Waals surface area contributed by atoms with Crippen molar-refractivity contribution in [3.63, 3.8) is 0 Å². The molecule has 9 nitrogen and oxygen atoms in total. The lowest BCUT2D eigenvalue weighted by Gasteiger charge is -2.28. The molecule has 0 bridgehead atoms. The van der Waals surface area contributed by atoms with Gasteiger partial charge < -0.3 is 14.2 Å². The highest BCUT2D eigenvalue weighted by atomic mass is 19.4. The summed E-state index contributed by atoms with van der Waals surface area (Å²) in [6.45, 7) is 2.17. The zero-order valence-electron chi connectivity index (χ0n) is 16.9. The van der Waals surface area contributed by atoms with Gasteiger partial charge in [0, 0.05) is 44.3 Å². The molecule has 0 N–H and O–H groups in total. The Labute approximate surface area is 180 Å². The van der Waals surface area contributed by atoms with Crippen molar-refractivity contribution in [2.24, 2.45) is 7.05 Å². The average molecular weight is 442 g/mol. The summed E-state index contributed by atoms with van der Waals surface area (Å²) in [5.41, 5.74) is 1.84. The van der Waals surface area contributed by atoms with E-state index in [2.05, 4.69) is 24.9 Å². The van der Waals surface area contributed by atoms with E-state index in [9.17, 15) is 13.2 Å². The molecule has 1 aliphatic rings. The van der Waals surface area contributed by atoms with Gasteiger partial charge in [-0.15, -0.1) is 0 Å². The van der Waals surface area contributed by atoms with E-state index in [1.807, 2.05) is 17.0 Å². The average Bonchev–Trinajstić information content (AvgIpc) is 3.15. The van der Waals surface area contributed by atoms with Crippen LogP contribution in [0.2, 0.25) is 0 Å². The summed E-state index contributed by atoms with van der Waals surface area (Å²) < 4.78 is 46.7. The fraction of sp³-hybridized carbons (Fsp3) is 0.300. The van der Waals surface area contributed by atoms with Crippen molar-refractivity contribution < 1.29 is 17.9 Å². The van der Waals surface area contributed by atoms with Crippen molar-refractivity contribution in [2.75, 3.05) is 31.2 Å². The van der Waals surface area contributed by atoms with Gasteiger partial charge in [0.25, 0.3) is 0 Å². The van der Waals surface area contributed by atoms with Crippen LogP contribution in [-0.4, -0.2) is 60.8 Å². The minimum atomic E-state index is -4.67. The van der Waals surface area contributed by atoms with E-state index >= 15 is 0 Å². The van der Waals surface area contributed by atoms with Crippen molar-refractivity contribution in [1.82, 2.24) is 34.5 Å². The van der Waals surface area contributed by atoms with Crippen LogP contribution in [0.25, 0.3) is 34.1 Å². The van der Waals surface area contributed by atoms with Gasteiger partial charge in [-0.05, 0) is 18.2 Å². The Balaban J connectivity index is 1.72. The van der Waals surface area contributed by atoms with E-state index < -0.39 is 12.0 Å². The maximum atomic E-state index is 13.2. The molecular weight excluding hydrogens is 425 g/mol. The van der Waals surface area contributed by atoms with Crippen LogP contribution in [0.3, 0.4) is 0 Å². The number of halogens is 3. The van der Waals surface area contributed by atoms with Crippen molar-refractivity contribution in [3.8, 4) is 22.9 Å². The van der Waals surface area contributed by atoms with Gasteiger partial charge in [0.15, 0.2) is 22.8 Å². The number of morpholine rings is 1. The van der Waals surface area contributed by atoms with Crippen molar-refractivity contribution in [3.05, 3.63) is 42.6 Å². The second kappa shape index (κ2) is 7.79. The first kappa shape index (κ1) is 20.2. The summed E-state index contributed by atoms with van der Waals surface area (Å²) in [6, 6.07) is 5.01. The van der Waals surface area contributed by atoms with Gasteiger partial charge in [0.1, 0.15) is 11.5 Å². The number of aryl methyl sites for hydroxylation is 1. The molecule has 0 saturated carbocycles. The number of ether oxygens (including phenoxy) is 1. The molecule has 0 radical (unpaired) electrons. The topological polar surface area (TPSA) is 94.7 Å². The molecule has 32 heavy (non-hydrogen) atoms. The minimum Gasteiger partial charge on any atom is -0.378 e. The first-order valence-electron chi connectivity index (χ1n) is 9.80. The Hall–Kier alpha value is -3.67. The Morgan fingerprint density at radius 3 is 2.41 bits per heavy atom. The van der Waals surface area contributed by atoms with Crippen molar-refractivity contribution in [2.45, 2.75) is 6.18 Å². The van der Waals surface area contributed by atoms with E-state index in [1.165, 1.54) is 6.07 Å². The minimum absolute atomic E-state index is 0.0182. The fourth-order valence-corrected chi connectivity index (χ4v) is 3.54. The third kappa shape index (κ3) is 3.62. The molecule has 0 amide bonds. The summed E-state index contributed by atoms with van der Waals surface area (Å²) in [7, 11) is 1.80. The lowest BCUT2D eigenvalue weighted by Crippen LogP contribution is -2.37. The molecule has 12 heteroatoms. The molecule has 0 unspecified atom stereocenters. The molecule has 4 aromatic rings. The SMILES string of the molecule is Cn1c(-c2ccncc2)nc2c(N3CCOCC3)nc(-c3ccnc(C(F)(F)F)n3)nc21. The number of rotatable bonds is 3. The zero-order valence-corrected chi connectivity index (χ0v) is 16.9. The standard InChI is InChI=1S/C20H17F3N8O/c1-30-16(12-2-5-24-6-3-12)27-14-17(30)28-15(29-18(14)31-8-10-32-11-9-31)13-4-7-25-19(26-13)20(21,22)23/h2-7H,8-11H2,1H3. The largest absolute Gasteiger partial charge is 0.451 e. The molecule has 1 saturated heterocycles. The highest BCUT2D eigenvalue weighted by Gasteiger charge is 2.35. The maximum absolute atomic E-state index is 13.2. The molecule has 164 valence electrons. The predicted octanol–water partition coefficient (Wildman–Crippen LogP) is 2.74. The van der Waals surface area contributed by atoms with E-state index in [0.29, 0.717) is 49.1 Å². The van der Waals surface area contributed by atoms with Crippen LogP contribution in [0.5, 0.6) is 0 Å². The first-order chi connectivity index (χ1) is 15.4. The van der Waals surface area contributed by atoms with Gasteiger partial charge in [-0.25, -0.2) is 24.9 Å². The van der Waals surface area contributed by atoms with Gasteiger partial charge in [0.05, 0.1) is 13.2 Å². The summed E-state index contributed by atoms with van der Waals surface area (Å²) in [6.07, 6.45) is -0.296. The van der Waals surface area contributed by atoms with E-state index in [4.69, 9.17) is 9.72 Å². The monoisotopic (exact) mass is 442 g/mol. The number of hydrogen-bond acceptors (Lipinski definition) is 8. The molecule has 0 spiro atoms. The van der Waals surface area contributed by atoms with Crippen LogP contribution in [0.15, 0.2) is 36.8 Å². The summed E-state index contributed by atoms with van der Waals surface area (Å²) in [5, 5.41) is 0. The molecule has 1 aliphatic heterocycles. The Bertz CT molecular complexity index is 1270. The van der Waals surface area contributed by atoms with Crippen LogP contribution >= 0.6 is 0 Å². The van der Waals surface area contributed by atoms with Gasteiger partial charge in [-0.1, -0.05) is 0 Å². The number of anilines is 1. The molecule has 0 atom stereocenters. The molecule has 4 aromatic heterocycles. The number of imidazole rings is 1. The molecule has 1 fully saturated rings. The predicted molar refractivity (Wildman–Crippen MR) is 109 cm³/mol. The van der Waals surface area contributed by atoms with E-state index in [0.717, 1.165) is 11.8 Å². The Morgan fingerprint density at radius 2 is 1.69 bits per heavy atom. The first-order valence-corrected chi connectivity index (χ1v) is 9.80. The number of pyridine rings is 1. The maximum Gasteiger partial charge on any atom is 0.451 e. The molecule has 0 aromatic carbocycles. The van der Waals surface area contributed by atoms with Crippen LogP contribution in [0.1, 0.15) is 5.82 Å². The van der Waals surface area contributed by atoms with Gasteiger partial charge in [0.2, 0.25) is 5.82 Å². The summed E-state index contributed by atoms with van der Waals surface area (Å²) in [5.74, 6) is -0.0105. The number of hydrogen-bond donors (Lipinski definition) is 0. The van der Waals surface area contributed by atoms with Crippen molar-refractivity contribution >= 4 is 17.0 Å². The molecular formula is C20H17F3N8O. The summed E-state index contributed by atoms with van der Waals surface area (Å²) in [4.78, 5) is 26.9. The van der Waals surface area contributed by atoms with Gasteiger partial charge in [-0.3, -0.25) is 4.98 Å². The lowest BCUT2D eigenvalue weighted by molar-refractivity contribution is -0.144. The molecule has 5 heterocycles. The molecule has 5 rings (SSSR count). The van der Waals surface area contributed by atoms with E-state index in [-0.39, 0.29) is 11.5 Å². The fourth-order valence-electron chi connectivity index (χ4n) is 3.54. The summed E-state index contributed by atoms with van der Waals surface area (Å²) >= 11 is 0. The van der Waals surface area contributed by atoms with Crippen LogP contribution in [-0.2, 0) is 18.0 Å². The smallest absolute Gasteiger partial charge is 0.378 e. The third-order valence-corrected chi connectivity index (χ3v) is 5.09. The zero-order chi connectivity index (χ0) is 22.3. The van der Waals surface area contributed by atoms with Crippen molar-refractivity contribution in [1.29, 1.82) is 0 Å². The highest BCUT2D eigenvalue weighted by Crippen LogP contribution is 2.32. The van der Waals surface area contributed by atoms with Gasteiger partial charge in [-0.2, -0.15) is 13.2 Å².